The smallest absolute Gasteiger partial charge is 0.229 e. The summed E-state index contributed by atoms with van der Waals surface area (Å²) >= 11 is 0. The second-order valence-corrected chi connectivity index (χ2v) is 4.40. The van der Waals surface area contributed by atoms with Crippen molar-refractivity contribution in [1.82, 2.24) is 0 Å². The monoisotopic (exact) mass is 193 g/mol. The third-order valence-electron chi connectivity index (χ3n) is 2.12. The van der Waals surface area contributed by atoms with Gasteiger partial charge in [0.25, 0.3) is 0 Å². The van der Waals surface area contributed by atoms with Crippen LogP contribution in [0.2, 0.25) is 0 Å². The van der Waals surface area contributed by atoms with Crippen molar-refractivity contribution in [3.63, 3.8) is 0 Å². The van der Waals surface area contributed by atoms with Crippen LogP contribution in [0.25, 0.3) is 0 Å². The lowest BCUT2D eigenvalue weighted by atomic mass is 9.84. The van der Waals surface area contributed by atoms with Gasteiger partial charge in [0.15, 0.2) is 0 Å². The van der Waals surface area contributed by atoms with E-state index in [2.05, 4.69) is 20.8 Å². The van der Waals surface area contributed by atoms with Gasteiger partial charge < -0.3 is 0 Å². The van der Waals surface area contributed by atoms with E-state index in [1.165, 1.54) is 0 Å². The highest BCUT2D eigenvalue weighted by atomic mass is 16.6. The molecule has 1 aromatic carbocycles. The highest BCUT2D eigenvalue weighted by molar-refractivity contribution is 5.32. The van der Waals surface area contributed by atoms with Gasteiger partial charge in [0.1, 0.15) is 0 Å². The first kappa shape index (κ1) is 10.7. The van der Waals surface area contributed by atoms with Gasteiger partial charge in [-0.25, -0.2) is 0 Å². The molecule has 0 N–H and O–H groups in total. The molecule has 0 fully saturated rings. The van der Waals surface area contributed by atoms with Crippen molar-refractivity contribution in [3.8, 4) is 0 Å². The lowest BCUT2D eigenvalue weighted by Gasteiger charge is -2.21. The van der Waals surface area contributed by atoms with E-state index in [4.69, 9.17) is 0 Å². The molecule has 0 heterocycles. The SMILES string of the molecule is CC(C)(C)c1ccccc1C[N+](=O)[O-]. The molecule has 0 aliphatic heterocycles. The van der Waals surface area contributed by atoms with Crippen LogP contribution in [0.15, 0.2) is 24.3 Å². The fourth-order valence-electron chi connectivity index (χ4n) is 1.53. The third-order valence-corrected chi connectivity index (χ3v) is 2.12. The Hall–Kier alpha value is -1.38. The molecule has 0 spiro atoms. The first-order valence-electron chi connectivity index (χ1n) is 4.61. The van der Waals surface area contributed by atoms with Gasteiger partial charge >= 0.3 is 0 Å². The van der Waals surface area contributed by atoms with E-state index in [-0.39, 0.29) is 16.9 Å². The number of benzene rings is 1. The molecule has 0 aromatic heterocycles. The topological polar surface area (TPSA) is 43.1 Å². The Balaban J connectivity index is 3.10. The quantitative estimate of drug-likeness (QED) is 0.535. The van der Waals surface area contributed by atoms with Crippen LogP contribution in [-0.4, -0.2) is 4.92 Å². The summed E-state index contributed by atoms with van der Waals surface area (Å²) in [4.78, 5) is 10.2. The minimum atomic E-state index is -0.287. The number of nitro groups is 1. The molecule has 0 saturated heterocycles. The molecule has 0 unspecified atom stereocenters. The fraction of sp³-hybridized carbons (Fsp3) is 0.455. The van der Waals surface area contributed by atoms with Gasteiger partial charge in [0.2, 0.25) is 6.54 Å². The zero-order chi connectivity index (χ0) is 10.8. The molecule has 0 radical (unpaired) electrons. The number of nitrogens with zero attached hydrogens (tertiary/aromatic N) is 1. The van der Waals surface area contributed by atoms with Crippen LogP contribution < -0.4 is 0 Å². The Labute approximate surface area is 83.9 Å². The minimum absolute atomic E-state index is 0.0351. The van der Waals surface area contributed by atoms with Crippen LogP contribution in [0.5, 0.6) is 0 Å². The normalized spacial score (nSPS) is 11.4. The Bertz CT molecular complexity index is 339. The van der Waals surface area contributed by atoms with Crippen molar-refractivity contribution >= 4 is 0 Å². The molecule has 14 heavy (non-hydrogen) atoms. The Morgan fingerprint density at radius 1 is 1.29 bits per heavy atom. The van der Waals surface area contributed by atoms with Crippen molar-refractivity contribution in [2.75, 3.05) is 0 Å². The standard InChI is InChI=1S/C11H15NO2/c1-11(2,3)10-7-5-4-6-9(10)8-12(13)14/h4-7H,8H2,1-3H3. The summed E-state index contributed by atoms with van der Waals surface area (Å²) in [5.74, 6) is 0. The largest absolute Gasteiger partial charge is 0.264 e. The van der Waals surface area contributed by atoms with E-state index in [9.17, 15) is 10.1 Å². The zero-order valence-electron chi connectivity index (χ0n) is 8.78. The van der Waals surface area contributed by atoms with Crippen LogP contribution in [-0.2, 0) is 12.0 Å². The van der Waals surface area contributed by atoms with Gasteiger partial charge in [-0.15, -0.1) is 0 Å². The third kappa shape index (κ3) is 2.55. The Kier molecular flexibility index (Phi) is 2.89. The van der Waals surface area contributed by atoms with Crippen LogP contribution >= 0.6 is 0 Å². The second-order valence-electron chi connectivity index (χ2n) is 4.40. The van der Waals surface area contributed by atoms with Gasteiger partial charge in [0, 0.05) is 10.5 Å². The van der Waals surface area contributed by atoms with Crippen LogP contribution in [0.4, 0.5) is 0 Å². The van der Waals surface area contributed by atoms with Gasteiger partial charge in [-0.05, 0) is 11.0 Å². The second kappa shape index (κ2) is 3.78. The summed E-state index contributed by atoms with van der Waals surface area (Å²) < 4.78 is 0. The molecule has 0 aliphatic carbocycles. The van der Waals surface area contributed by atoms with E-state index in [0.717, 1.165) is 11.1 Å². The van der Waals surface area contributed by atoms with Gasteiger partial charge in [-0.2, -0.15) is 0 Å². The summed E-state index contributed by atoms with van der Waals surface area (Å²) in [5.41, 5.74) is 1.83. The highest BCUT2D eigenvalue weighted by Gasteiger charge is 2.19. The lowest BCUT2D eigenvalue weighted by Crippen LogP contribution is -2.15. The summed E-state index contributed by atoms with van der Waals surface area (Å²) in [5, 5.41) is 10.5. The van der Waals surface area contributed by atoms with E-state index in [1.54, 1.807) is 0 Å². The summed E-state index contributed by atoms with van der Waals surface area (Å²) in [7, 11) is 0. The van der Waals surface area contributed by atoms with E-state index < -0.39 is 0 Å². The molecule has 1 aromatic rings. The summed E-state index contributed by atoms with van der Waals surface area (Å²) in [6.45, 7) is 6.09. The zero-order valence-corrected chi connectivity index (χ0v) is 8.78. The van der Waals surface area contributed by atoms with Gasteiger partial charge in [0.05, 0.1) is 0 Å². The van der Waals surface area contributed by atoms with E-state index in [1.807, 2.05) is 24.3 Å². The van der Waals surface area contributed by atoms with Crippen molar-refractivity contribution in [2.24, 2.45) is 0 Å². The number of hydrogen-bond donors (Lipinski definition) is 0. The number of hydrogen-bond acceptors (Lipinski definition) is 2. The molecular weight excluding hydrogens is 178 g/mol. The Morgan fingerprint density at radius 2 is 1.86 bits per heavy atom. The number of rotatable bonds is 2. The molecule has 0 saturated carbocycles. The molecule has 76 valence electrons. The maximum Gasteiger partial charge on any atom is 0.229 e. The van der Waals surface area contributed by atoms with E-state index in [0.29, 0.717) is 0 Å². The van der Waals surface area contributed by atoms with E-state index >= 15 is 0 Å². The molecular formula is C11H15NO2. The van der Waals surface area contributed by atoms with Crippen molar-refractivity contribution in [2.45, 2.75) is 32.7 Å². The predicted octanol–water partition coefficient (Wildman–Crippen LogP) is 2.76. The van der Waals surface area contributed by atoms with Gasteiger partial charge in [-0.1, -0.05) is 45.0 Å². The summed E-state index contributed by atoms with van der Waals surface area (Å²) in [6, 6.07) is 7.54. The highest BCUT2D eigenvalue weighted by Crippen LogP contribution is 2.25. The maximum absolute atomic E-state index is 10.5. The molecule has 0 amide bonds. The molecule has 0 aliphatic rings. The van der Waals surface area contributed by atoms with Crippen LogP contribution in [0.3, 0.4) is 0 Å². The minimum Gasteiger partial charge on any atom is -0.264 e. The van der Waals surface area contributed by atoms with Crippen molar-refractivity contribution < 1.29 is 4.92 Å². The lowest BCUT2D eigenvalue weighted by molar-refractivity contribution is -0.497. The molecule has 3 heteroatoms. The average molecular weight is 193 g/mol. The fourth-order valence-corrected chi connectivity index (χ4v) is 1.53. The van der Waals surface area contributed by atoms with Crippen molar-refractivity contribution in [1.29, 1.82) is 0 Å². The molecule has 0 atom stereocenters. The molecule has 0 bridgehead atoms. The van der Waals surface area contributed by atoms with Crippen LogP contribution in [0.1, 0.15) is 31.9 Å². The van der Waals surface area contributed by atoms with Crippen molar-refractivity contribution in [3.05, 3.63) is 45.5 Å². The average Bonchev–Trinajstić information content (AvgIpc) is 2.01. The predicted molar refractivity (Wildman–Crippen MR) is 55.8 cm³/mol. The first-order valence-corrected chi connectivity index (χ1v) is 4.61. The van der Waals surface area contributed by atoms with Crippen LogP contribution in [0, 0.1) is 10.1 Å². The first-order chi connectivity index (χ1) is 6.41. The molecule has 1 rings (SSSR count). The summed E-state index contributed by atoms with van der Waals surface area (Å²) in [6.07, 6.45) is 0. The Morgan fingerprint density at radius 3 is 2.36 bits per heavy atom. The maximum atomic E-state index is 10.5. The van der Waals surface area contributed by atoms with Gasteiger partial charge in [-0.3, -0.25) is 10.1 Å². The molecule has 3 nitrogen and oxygen atoms in total.